The molecule has 0 spiro atoms. The highest BCUT2D eigenvalue weighted by atomic mass is 19.1. The minimum Gasteiger partial charge on any atom is -0.259 e. The van der Waals surface area contributed by atoms with Gasteiger partial charge >= 0.3 is 0 Å². The van der Waals surface area contributed by atoms with Crippen LogP contribution < -0.4 is 0 Å². The Hall–Kier alpha value is -1.78. The highest BCUT2D eigenvalue weighted by molar-refractivity contribution is 5.49. The van der Waals surface area contributed by atoms with Crippen LogP contribution in [0.5, 0.6) is 0 Å². The van der Waals surface area contributed by atoms with Crippen molar-refractivity contribution in [2.24, 2.45) is 0 Å². The summed E-state index contributed by atoms with van der Waals surface area (Å²) in [4.78, 5) is 9.08. The van der Waals surface area contributed by atoms with Gasteiger partial charge in [0.2, 0.25) is 6.20 Å². The molecule has 0 bridgehead atoms. The van der Waals surface area contributed by atoms with Crippen LogP contribution in [0.4, 0.5) is 8.78 Å². The topological polar surface area (TPSA) is 43.1 Å². The number of nitrogens with zero attached hydrogens (tertiary/aromatic N) is 1. The Morgan fingerprint density at radius 2 is 1.85 bits per heavy atom. The normalized spacial score (nSPS) is 10.6. The van der Waals surface area contributed by atoms with Crippen molar-refractivity contribution in [3.63, 3.8) is 0 Å². The third-order valence-corrected chi connectivity index (χ3v) is 1.36. The Labute approximate surface area is 72.5 Å². The third kappa shape index (κ3) is 2.33. The fourth-order valence-corrected chi connectivity index (χ4v) is 0.805. The first kappa shape index (κ1) is 9.31. The van der Waals surface area contributed by atoms with Crippen molar-refractivity contribution in [1.29, 1.82) is 0 Å². The molecule has 5 heteroatoms. The van der Waals surface area contributed by atoms with Crippen molar-refractivity contribution in [1.82, 2.24) is 0 Å². The second kappa shape index (κ2) is 3.75. The molecule has 0 amide bonds. The van der Waals surface area contributed by atoms with Gasteiger partial charge in [0.25, 0.3) is 0 Å². The van der Waals surface area contributed by atoms with Crippen LogP contribution in [-0.4, -0.2) is 4.92 Å². The summed E-state index contributed by atoms with van der Waals surface area (Å²) < 4.78 is 25.6. The lowest BCUT2D eigenvalue weighted by Gasteiger charge is -1.95. The third-order valence-electron chi connectivity index (χ3n) is 1.36. The van der Waals surface area contributed by atoms with E-state index in [9.17, 15) is 18.9 Å². The second-order valence-electron chi connectivity index (χ2n) is 2.24. The Morgan fingerprint density at radius 3 is 2.31 bits per heavy atom. The summed E-state index contributed by atoms with van der Waals surface area (Å²) in [5.41, 5.74) is -0.404. The maximum atomic E-state index is 12.8. The molecular formula is C8H5F2NO2. The molecule has 0 aliphatic carbocycles. The Bertz CT molecular complexity index is 343. The van der Waals surface area contributed by atoms with E-state index in [4.69, 9.17) is 0 Å². The summed E-state index contributed by atoms with van der Waals surface area (Å²) in [5.74, 6) is -1.64. The van der Waals surface area contributed by atoms with Crippen LogP contribution in [-0.2, 0) is 0 Å². The van der Waals surface area contributed by atoms with E-state index in [1.54, 1.807) is 0 Å². The molecule has 0 aliphatic heterocycles. The molecule has 0 atom stereocenters. The Morgan fingerprint density at radius 1 is 1.31 bits per heavy atom. The lowest BCUT2D eigenvalue weighted by molar-refractivity contribution is -0.401. The molecule has 0 aromatic heterocycles. The van der Waals surface area contributed by atoms with Gasteiger partial charge in [-0.25, -0.2) is 8.78 Å². The quantitative estimate of drug-likeness (QED) is 0.523. The monoisotopic (exact) mass is 185 g/mol. The fraction of sp³-hybridized carbons (Fsp3) is 0. The van der Waals surface area contributed by atoms with Gasteiger partial charge in [-0.15, -0.1) is 0 Å². The first-order chi connectivity index (χ1) is 6.11. The molecule has 13 heavy (non-hydrogen) atoms. The Balaban J connectivity index is 3.06. The zero-order valence-electron chi connectivity index (χ0n) is 6.41. The zero-order chi connectivity index (χ0) is 9.84. The molecule has 0 heterocycles. The van der Waals surface area contributed by atoms with Gasteiger partial charge in [-0.3, -0.25) is 10.1 Å². The predicted molar refractivity (Wildman–Crippen MR) is 42.4 cm³/mol. The minimum absolute atomic E-state index is 0.404. The van der Waals surface area contributed by atoms with Gasteiger partial charge in [0.15, 0.2) is 0 Å². The molecule has 0 N–H and O–H groups in total. The summed E-state index contributed by atoms with van der Waals surface area (Å²) in [7, 11) is 0. The van der Waals surface area contributed by atoms with Gasteiger partial charge in [-0.05, 0) is 12.1 Å². The van der Waals surface area contributed by atoms with Crippen molar-refractivity contribution in [2.45, 2.75) is 0 Å². The van der Waals surface area contributed by atoms with Gasteiger partial charge in [0.05, 0.1) is 10.5 Å². The van der Waals surface area contributed by atoms with Gasteiger partial charge < -0.3 is 0 Å². The molecule has 68 valence electrons. The molecule has 0 radical (unpaired) electrons. The van der Waals surface area contributed by atoms with Crippen LogP contribution in [0, 0.1) is 21.7 Å². The standard InChI is InChI=1S/C8H5F2NO2/c9-7-2-1-3-8(10)6(7)4-5-11(12)13/h1-5H. The first-order valence-corrected chi connectivity index (χ1v) is 3.37. The summed E-state index contributed by atoms with van der Waals surface area (Å²) >= 11 is 0. The van der Waals surface area contributed by atoms with Crippen molar-refractivity contribution in [3.8, 4) is 0 Å². The summed E-state index contributed by atoms with van der Waals surface area (Å²) in [6.45, 7) is 0. The van der Waals surface area contributed by atoms with E-state index in [0.29, 0.717) is 6.20 Å². The highest BCUT2D eigenvalue weighted by Crippen LogP contribution is 2.13. The van der Waals surface area contributed by atoms with Gasteiger partial charge in [-0.2, -0.15) is 0 Å². The summed E-state index contributed by atoms with van der Waals surface area (Å²) in [6, 6.07) is 3.25. The molecule has 0 unspecified atom stereocenters. The average molecular weight is 185 g/mol. The van der Waals surface area contributed by atoms with Gasteiger partial charge in [0.1, 0.15) is 11.6 Å². The van der Waals surface area contributed by atoms with Crippen LogP contribution in [0.1, 0.15) is 5.56 Å². The van der Waals surface area contributed by atoms with Crippen LogP contribution >= 0.6 is 0 Å². The lowest BCUT2D eigenvalue weighted by Crippen LogP contribution is -1.89. The molecule has 3 nitrogen and oxygen atoms in total. The number of halogens is 2. The van der Waals surface area contributed by atoms with Crippen molar-refractivity contribution < 1.29 is 13.7 Å². The number of hydrogen-bond donors (Lipinski definition) is 0. The van der Waals surface area contributed by atoms with Crippen LogP contribution in [0.3, 0.4) is 0 Å². The summed E-state index contributed by atoms with van der Waals surface area (Å²) in [5, 5.41) is 9.87. The molecule has 1 aromatic carbocycles. The van der Waals surface area contributed by atoms with Crippen molar-refractivity contribution in [2.75, 3.05) is 0 Å². The zero-order valence-corrected chi connectivity index (χ0v) is 6.41. The summed E-state index contributed by atoms with van der Waals surface area (Å²) in [6.07, 6.45) is 1.27. The highest BCUT2D eigenvalue weighted by Gasteiger charge is 2.05. The molecule has 0 fully saturated rings. The number of rotatable bonds is 2. The van der Waals surface area contributed by atoms with E-state index in [1.165, 1.54) is 6.07 Å². The van der Waals surface area contributed by atoms with Gasteiger partial charge in [0, 0.05) is 6.08 Å². The maximum absolute atomic E-state index is 12.8. The largest absolute Gasteiger partial charge is 0.259 e. The van der Waals surface area contributed by atoms with E-state index in [2.05, 4.69) is 0 Å². The predicted octanol–water partition coefficient (Wildman–Crippen LogP) is 2.21. The molecule has 0 aliphatic rings. The Kier molecular flexibility index (Phi) is 2.69. The molecule has 1 rings (SSSR count). The van der Waals surface area contributed by atoms with Crippen LogP contribution in [0.25, 0.3) is 6.08 Å². The first-order valence-electron chi connectivity index (χ1n) is 3.37. The van der Waals surface area contributed by atoms with E-state index < -0.39 is 22.1 Å². The smallest absolute Gasteiger partial charge is 0.235 e. The van der Waals surface area contributed by atoms with E-state index in [-0.39, 0.29) is 0 Å². The molecule has 0 saturated heterocycles. The molecule has 0 saturated carbocycles. The van der Waals surface area contributed by atoms with Crippen LogP contribution in [0.2, 0.25) is 0 Å². The van der Waals surface area contributed by atoms with Crippen LogP contribution in [0.15, 0.2) is 24.4 Å². The second-order valence-corrected chi connectivity index (χ2v) is 2.24. The molecule has 1 aromatic rings. The number of benzene rings is 1. The van der Waals surface area contributed by atoms with Gasteiger partial charge in [-0.1, -0.05) is 6.07 Å². The average Bonchev–Trinajstić information content (AvgIpc) is 2.03. The maximum Gasteiger partial charge on any atom is 0.235 e. The molecular weight excluding hydrogens is 180 g/mol. The van der Waals surface area contributed by atoms with E-state index in [1.807, 2.05) is 0 Å². The SMILES string of the molecule is O=[N+]([O-])C=Cc1c(F)cccc1F. The van der Waals surface area contributed by atoms with Crippen molar-refractivity contribution >= 4 is 6.08 Å². The van der Waals surface area contributed by atoms with E-state index >= 15 is 0 Å². The lowest BCUT2D eigenvalue weighted by atomic mass is 10.2. The fourth-order valence-electron chi connectivity index (χ4n) is 0.805. The van der Waals surface area contributed by atoms with E-state index in [0.717, 1.165) is 18.2 Å². The number of nitro groups is 1. The minimum atomic E-state index is -0.821. The number of hydrogen-bond acceptors (Lipinski definition) is 2. The van der Waals surface area contributed by atoms with Crippen molar-refractivity contribution in [3.05, 3.63) is 51.7 Å².